The smallest absolute Gasteiger partial charge is 0.222 e. The first-order valence-electron chi connectivity index (χ1n) is 10.2. The van der Waals surface area contributed by atoms with Crippen LogP contribution in [-0.4, -0.2) is 65.6 Å². The zero-order valence-electron chi connectivity index (χ0n) is 16.5. The van der Waals surface area contributed by atoms with E-state index in [4.69, 9.17) is 4.74 Å². The number of nitrogens with zero attached hydrogens (tertiary/aromatic N) is 1. The average molecular weight is 403 g/mol. The van der Waals surface area contributed by atoms with Crippen LogP contribution in [-0.2, 0) is 14.4 Å². The Kier molecular flexibility index (Phi) is 7.46. The Hall–Kier alpha value is -2.61. The quantitative estimate of drug-likeness (QED) is 0.551. The monoisotopic (exact) mass is 403 g/mol. The van der Waals surface area contributed by atoms with Crippen LogP contribution in [0.4, 0.5) is 0 Å². The van der Waals surface area contributed by atoms with E-state index >= 15 is 0 Å². The number of ether oxygens (including phenoxy) is 1. The second-order valence-corrected chi connectivity index (χ2v) is 7.72. The highest BCUT2D eigenvalue weighted by molar-refractivity contribution is 5.82. The van der Waals surface area contributed by atoms with Crippen LogP contribution in [0.15, 0.2) is 30.3 Å². The van der Waals surface area contributed by atoms with Crippen molar-refractivity contribution in [3.63, 3.8) is 0 Å². The molecule has 1 aromatic carbocycles. The molecule has 2 saturated heterocycles. The predicted molar refractivity (Wildman–Crippen MR) is 106 cm³/mol. The lowest BCUT2D eigenvalue weighted by Gasteiger charge is -2.36. The van der Waals surface area contributed by atoms with Crippen LogP contribution in [0, 0.1) is 0 Å². The molecule has 0 saturated carbocycles. The molecule has 0 aromatic heterocycles. The number of aliphatic hydroxyl groups is 1. The Bertz CT molecular complexity index is 712. The van der Waals surface area contributed by atoms with Crippen LogP contribution < -0.4 is 15.4 Å². The number of carbonyl (C=O) groups excluding carboxylic acids is 3. The van der Waals surface area contributed by atoms with Crippen LogP contribution in [0.2, 0.25) is 0 Å². The fourth-order valence-electron chi connectivity index (χ4n) is 3.81. The minimum Gasteiger partial charge on any atom is -0.494 e. The number of benzene rings is 1. The summed E-state index contributed by atoms with van der Waals surface area (Å²) < 4.78 is 5.60. The lowest BCUT2D eigenvalue weighted by atomic mass is 10.0. The molecular formula is C21H29N3O5. The molecule has 1 aromatic rings. The first kappa shape index (κ1) is 21.1. The van der Waals surface area contributed by atoms with Gasteiger partial charge in [0, 0.05) is 44.4 Å². The fraction of sp³-hybridized carbons (Fsp3) is 0.571. The highest BCUT2D eigenvalue weighted by atomic mass is 16.5. The molecule has 2 aliphatic heterocycles. The molecule has 2 aliphatic rings. The van der Waals surface area contributed by atoms with E-state index in [1.807, 2.05) is 30.3 Å². The highest BCUT2D eigenvalue weighted by Crippen LogP contribution is 2.15. The van der Waals surface area contributed by atoms with Gasteiger partial charge in [0.2, 0.25) is 17.7 Å². The van der Waals surface area contributed by atoms with Crippen LogP contribution in [0.25, 0.3) is 0 Å². The summed E-state index contributed by atoms with van der Waals surface area (Å²) in [6.07, 6.45) is 2.01. The third-order valence-electron chi connectivity index (χ3n) is 5.21. The van der Waals surface area contributed by atoms with Gasteiger partial charge in [-0.25, -0.2) is 0 Å². The van der Waals surface area contributed by atoms with Gasteiger partial charge in [-0.1, -0.05) is 18.2 Å². The number of likely N-dealkylation sites (tertiary alicyclic amines) is 1. The van der Waals surface area contributed by atoms with Crippen molar-refractivity contribution in [1.29, 1.82) is 0 Å². The summed E-state index contributed by atoms with van der Waals surface area (Å²) in [5.74, 6) is 0.529. The topological polar surface area (TPSA) is 108 Å². The summed E-state index contributed by atoms with van der Waals surface area (Å²) >= 11 is 0. The van der Waals surface area contributed by atoms with Crippen molar-refractivity contribution in [2.24, 2.45) is 0 Å². The normalized spacial score (nSPS) is 24.1. The van der Waals surface area contributed by atoms with Gasteiger partial charge in [0.15, 0.2) is 0 Å². The van der Waals surface area contributed by atoms with Gasteiger partial charge in [-0.05, 0) is 31.4 Å². The second kappa shape index (κ2) is 10.2. The molecule has 3 amide bonds. The molecule has 8 heteroatoms. The highest BCUT2D eigenvalue weighted by Gasteiger charge is 2.30. The number of carbonyl (C=O) groups is 3. The maximum Gasteiger partial charge on any atom is 0.222 e. The van der Waals surface area contributed by atoms with Crippen molar-refractivity contribution in [3.05, 3.63) is 30.3 Å². The molecule has 8 nitrogen and oxygen atoms in total. The molecule has 2 heterocycles. The average Bonchev–Trinajstić information content (AvgIpc) is 3.09. The van der Waals surface area contributed by atoms with Crippen molar-refractivity contribution < 1.29 is 24.2 Å². The van der Waals surface area contributed by atoms with Crippen molar-refractivity contribution in [1.82, 2.24) is 15.5 Å². The number of hydrogen-bond donors (Lipinski definition) is 3. The van der Waals surface area contributed by atoms with E-state index in [0.29, 0.717) is 45.3 Å². The number of hydrogen-bond acceptors (Lipinski definition) is 5. The molecule has 0 aliphatic carbocycles. The summed E-state index contributed by atoms with van der Waals surface area (Å²) in [4.78, 5) is 37.6. The van der Waals surface area contributed by atoms with Crippen molar-refractivity contribution in [3.8, 4) is 5.75 Å². The third kappa shape index (κ3) is 6.74. The number of aliphatic hydroxyl groups excluding tert-OH is 1. The number of piperidine rings is 1. The molecule has 0 spiro atoms. The molecule has 0 unspecified atom stereocenters. The minimum absolute atomic E-state index is 0.0242. The van der Waals surface area contributed by atoms with E-state index in [9.17, 15) is 19.5 Å². The molecule has 3 N–H and O–H groups in total. The second-order valence-electron chi connectivity index (χ2n) is 7.72. The lowest BCUT2D eigenvalue weighted by molar-refractivity contribution is -0.136. The van der Waals surface area contributed by atoms with E-state index in [1.54, 1.807) is 4.90 Å². The predicted octanol–water partition coefficient (Wildman–Crippen LogP) is 0.592. The molecular weight excluding hydrogens is 374 g/mol. The first-order chi connectivity index (χ1) is 14.0. The number of amides is 3. The molecule has 3 atom stereocenters. The summed E-state index contributed by atoms with van der Waals surface area (Å²) in [5.41, 5.74) is 0. The largest absolute Gasteiger partial charge is 0.494 e. The number of para-hydroxylation sites is 1. The zero-order chi connectivity index (χ0) is 20.6. The van der Waals surface area contributed by atoms with Crippen LogP contribution in [0.5, 0.6) is 5.75 Å². The molecule has 3 rings (SSSR count). The van der Waals surface area contributed by atoms with E-state index in [0.717, 1.165) is 5.75 Å². The Morgan fingerprint density at radius 3 is 2.76 bits per heavy atom. The van der Waals surface area contributed by atoms with Gasteiger partial charge in [-0.15, -0.1) is 0 Å². The standard InChI is InChI=1S/C21H29N3O5/c25-17-11-16(23-20(27)12-15-8-9-19(26)22-15)13-24(14-17)21(28)7-4-10-29-18-5-2-1-3-6-18/h1-3,5-6,15-17,25H,4,7-14H2,(H,22,26)(H,23,27)/t15-,16-,17+/m0/s1. The van der Waals surface area contributed by atoms with E-state index in [1.165, 1.54) is 0 Å². The van der Waals surface area contributed by atoms with Crippen LogP contribution in [0.3, 0.4) is 0 Å². The van der Waals surface area contributed by atoms with Crippen molar-refractivity contribution in [2.75, 3.05) is 19.7 Å². The Morgan fingerprint density at radius 2 is 2.03 bits per heavy atom. The van der Waals surface area contributed by atoms with Gasteiger partial charge in [-0.3, -0.25) is 14.4 Å². The molecule has 158 valence electrons. The summed E-state index contributed by atoms with van der Waals surface area (Å²) in [6, 6.07) is 9.03. The van der Waals surface area contributed by atoms with Gasteiger partial charge in [0.05, 0.1) is 12.7 Å². The summed E-state index contributed by atoms with van der Waals surface area (Å²) in [7, 11) is 0. The van der Waals surface area contributed by atoms with E-state index in [2.05, 4.69) is 10.6 Å². The molecule has 0 bridgehead atoms. The Labute approximate surface area is 170 Å². The number of nitrogens with one attached hydrogen (secondary N) is 2. The SMILES string of the molecule is O=C1CC[C@@H](CC(=O)N[C@H]2C[C@@H](O)CN(C(=O)CCCOc3ccccc3)C2)N1. The van der Waals surface area contributed by atoms with Crippen LogP contribution >= 0.6 is 0 Å². The van der Waals surface area contributed by atoms with Crippen molar-refractivity contribution in [2.45, 2.75) is 56.7 Å². The Balaban J connectivity index is 1.39. The van der Waals surface area contributed by atoms with Gasteiger partial charge in [0.1, 0.15) is 5.75 Å². The van der Waals surface area contributed by atoms with Crippen LogP contribution in [0.1, 0.15) is 38.5 Å². The summed E-state index contributed by atoms with van der Waals surface area (Å²) in [5, 5.41) is 15.8. The van der Waals surface area contributed by atoms with Gasteiger partial charge in [-0.2, -0.15) is 0 Å². The molecule has 0 radical (unpaired) electrons. The maximum absolute atomic E-state index is 12.5. The van der Waals surface area contributed by atoms with Gasteiger partial charge >= 0.3 is 0 Å². The van der Waals surface area contributed by atoms with Gasteiger partial charge in [0.25, 0.3) is 0 Å². The molecule has 29 heavy (non-hydrogen) atoms. The van der Waals surface area contributed by atoms with Crippen molar-refractivity contribution >= 4 is 17.7 Å². The van der Waals surface area contributed by atoms with E-state index in [-0.39, 0.29) is 42.8 Å². The third-order valence-corrected chi connectivity index (χ3v) is 5.21. The summed E-state index contributed by atoms with van der Waals surface area (Å²) in [6.45, 7) is 1.11. The first-order valence-corrected chi connectivity index (χ1v) is 10.2. The van der Waals surface area contributed by atoms with E-state index < -0.39 is 6.10 Å². The molecule has 2 fully saturated rings. The number of β-amino-alcohol motifs (C(OH)–C–C–N with tert-alkyl or cyclic N) is 1. The minimum atomic E-state index is -0.662. The maximum atomic E-state index is 12.5. The Morgan fingerprint density at radius 1 is 1.24 bits per heavy atom. The lowest BCUT2D eigenvalue weighted by Crippen LogP contribution is -2.54. The fourth-order valence-corrected chi connectivity index (χ4v) is 3.81. The number of rotatable bonds is 8. The zero-order valence-corrected chi connectivity index (χ0v) is 16.5. The van der Waals surface area contributed by atoms with Gasteiger partial charge < -0.3 is 25.4 Å².